The van der Waals surface area contributed by atoms with Gasteiger partial charge in [0.05, 0.1) is 13.2 Å². The Morgan fingerprint density at radius 1 is 1.45 bits per heavy atom. The van der Waals surface area contributed by atoms with Crippen molar-refractivity contribution >= 4 is 0 Å². The van der Waals surface area contributed by atoms with E-state index in [1.54, 1.807) is 0 Å². The summed E-state index contributed by atoms with van der Waals surface area (Å²) in [7, 11) is 2.14. The van der Waals surface area contributed by atoms with Crippen LogP contribution in [0.3, 0.4) is 0 Å². The van der Waals surface area contributed by atoms with Crippen LogP contribution in [0.1, 0.15) is 46.5 Å². The van der Waals surface area contributed by atoms with E-state index in [-0.39, 0.29) is 12.1 Å². The highest BCUT2D eigenvalue weighted by molar-refractivity contribution is 4.86. The van der Waals surface area contributed by atoms with Crippen molar-refractivity contribution in [1.82, 2.24) is 10.2 Å². The van der Waals surface area contributed by atoms with Crippen molar-refractivity contribution in [3.8, 4) is 0 Å². The molecule has 0 aromatic rings. The Bertz CT molecular complexity index is 259. The van der Waals surface area contributed by atoms with Crippen LogP contribution in [0.25, 0.3) is 0 Å². The molecule has 0 bridgehead atoms. The standard InChI is InChI=1S/C16H34N2O2/c1-5-8-17-16(3,13-19)11-14(2)18(4)9-10-20-12-15-6-7-15/h14-15,17,19H,5-13H2,1-4H3. The molecule has 2 N–H and O–H groups in total. The zero-order chi connectivity index (χ0) is 15.0. The summed E-state index contributed by atoms with van der Waals surface area (Å²) in [4.78, 5) is 2.33. The van der Waals surface area contributed by atoms with Crippen LogP contribution in [0.4, 0.5) is 0 Å². The van der Waals surface area contributed by atoms with Gasteiger partial charge in [0, 0.05) is 24.7 Å². The molecule has 0 aromatic heterocycles. The van der Waals surface area contributed by atoms with Gasteiger partial charge in [-0.25, -0.2) is 0 Å². The highest BCUT2D eigenvalue weighted by Gasteiger charge is 2.26. The van der Waals surface area contributed by atoms with Crippen molar-refractivity contribution in [2.75, 3.05) is 40.0 Å². The molecule has 20 heavy (non-hydrogen) atoms. The van der Waals surface area contributed by atoms with E-state index in [2.05, 4.69) is 38.0 Å². The van der Waals surface area contributed by atoms with Gasteiger partial charge >= 0.3 is 0 Å². The number of aliphatic hydroxyl groups is 1. The zero-order valence-electron chi connectivity index (χ0n) is 13.8. The van der Waals surface area contributed by atoms with Gasteiger partial charge in [0.2, 0.25) is 0 Å². The van der Waals surface area contributed by atoms with Crippen LogP contribution in [-0.4, -0.2) is 61.5 Å². The monoisotopic (exact) mass is 286 g/mol. The summed E-state index contributed by atoms with van der Waals surface area (Å²) >= 11 is 0. The first kappa shape index (κ1) is 17.9. The predicted molar refractivity (Wildman–Crippen MR) is 84.0 cm³/mol. The highest BCUT2D eigenvalue weighted by Crippen LogP contribution is 2.28. The van der Waals surface area contributed by atoms with E-state index in [4.69, 9.17) is 4.74 Å². The molecule has 0 aromatic carbocycles. The van der Waals surface area contributed by atoms with E-state index in [1.807, 2.05) is 0 Å². The SMILES string of the molecule is CCCNC(C)(CO)CC(C)N(C)CCOCC1CC1. The summed E-state index contributed by atoms with van der Waals surface area (Å²) in [5.41, 5.74) is -0.182. The summed E-state index contributed by atoms with van der Waals surface area (Å²) in [6.07, 6.45) is 4.74. The van der Waals surface area contributed by atoms with E-state index in [0.29, 0.717) is 6.04 Å². The first-order valence-corrected chi connectivity index (χ1v) is 8.14. The number of aliphatic hydroxyl groups excluding tert-OH is 1. The van der Waals surface area contributed by atoms with Gasteiger partial charge < -0.3 is 20.1 Å². The van der Waals surface area contributed by atoms with Crippen LogP contribution in [0.15, 0.2) is 0 Å². The van der Waals surface area contributed by atoms with Gasteiger partial charge in [-0.2, -0.15) is 0 Å². The molecule has 1 rings (SSSR count). The molecule has 2 atom stereocenters. The molecule has 2 unspecified atom stereocenters. The Morgan fingerprint density at radius 2 is 2.15 bits per heavy atom. The molecule has 1 saturated carbocycles. The number of nitrogens with zero attached hydrogens (tertiary/aromatic N) is 1. The number of hydrogen-bond acceptors (Lipinski definition) is 4. The third kappa shape index (κ3) is 7.02. The predicted octanol–water partition coefficient (Wildman–Crippen LogP) is 1.87. The zero-order valence-corrected chi connectivity index (χ0v) is 13.8. The van der Waals surface area contributed by atoms with Crippen molar-refractivity contribution in [3.05, 3.63) is 0 Å². The lowest BCUT2D eigenvalue weighted by Gasteiger charge is -2.35. The number of likely N-dealkylation sites (N-methyl/N-ethyl adjacent to an activating group) is 1. The average Bonchev–Trinajstić information content (AvgIpc) is 3.25. The van der Waals surface area contributed by atoms with Crippen LogP contribution >= 0.6 is 0 Å². The molecule has 1 aliphatic carbocycles. The van der Waals surface area contributed by atoms with Crippen molar-refractivity contribution in [2.45, 2.75) is 58.0 Å². The number of hydrogen-bond donors (Lipinski definition) is 2. The largest absolute Gasteiger partial charge is 0.394 e. The normalized spacial score (nSPS) is 20.1. The van der Waals surface area contributed by atoms with E-state index >= 15 is 0 Å². The average molecular weight is 286 g/mol. The molecule has 0 amide bonds. The molecule has 0 spiro atoms. The van der Waals surface area contributed by atoms with Crippen molar-refractivity contribution in [1.29, 1.82) is 0 Å². The van der Waals surface area contributed by atoms with Crippen molar-refractivity contribution in [2.24, 2.45) is 5.92 Å². The summed E-state index contributed by atoms with van der Waals surface area (Å²) in [6.45, 7) is 10.3. The molecular weight excluding hydrogens is 252 g/mol. The second kappa shape index (κ2) is 8.98. The Hall–Kier alpha value is -0.160. The first-order valence-electron chi connectivity index (χ1n) is 8.14. The third-order valence-corrected chi connectivity index (χ3v) is 4.29. The molecule has 120 valence electrons. The van der Waals surface area contributed by atoms with Crippen LogP contribution in [0.2, 0.25) is 0 Å². The van der Waals surface area contributed by atoms with Crippen molar-refractivity contribution < 1.29 is 9.84 Å². The second-order valence-electron chi connectivity index (χ2n) is 6.70. The van der Waals surface area contributed by atoms with Gasteiger partial charge in [0.25, 0.3) is 0 Å². The van der Waals surface area contributed by atoms with Crippen LogP contribution in [0.5, 0.6) is 0 Å². The lowest BCUT2D eigenvalue weighted by Crippen LogP contribution is -2.50. The van der Waals surface area contributed by atoms with Gasteiger partial charge in [-0.3, -0.25) is 0 Å². The molecular formula is C16H34N2O2. The summed E-state index contributed by atoms with van der Waals surface area (Å²) < 4.78 is 5.69. The fourth-order valence-electron chi connectivity index (χ4n) is 2.39. The van der Waals surface area contributed by atoms with Crippen LogP contribution < -0.4 is 5.32 Å². The maximum Gasteiger partial charge on any atom is 0.0611 e. The number of rotatable bonds is 12. The minimum atomic E-state index is -0.182. The lowest BCUT2D eigenvalue weighted by molar-refractivity contribution is 0.0791. The van der Waals surface area contributed by atoms with Crippen molar-refractivity contribution in [3.63, 3.8) is 0 Å². The summed E-state index contributed by atoms with van der Waals surface area (Å²) in [6, 6.07) is 0.432. The molecule has 1 aliphatic rings. The lowest BCUT2D eigenvalue weighted by atomic mass is 9.93. The number of ether oxygens (including phenoxy) is 1. The Morgan fingerprint density at radius 3 is 2.70 bits per heavy atom. The Labute approximate surface area is 124 Å². The van der Waals surface area contributed by atoms with Gasteiger partial charge in [-0.1, -0.05) is 6.92 Å². The van der Waals surface area contributed by atoms with Gasteiger partial charge in [-0.15, -0.1) is 0 Å². The molecule has 1 fully saturated rings. The molecule has 0 radical (unpaired) electrons. The van der Waals surface area contributed by atoms with Gasteiger partial charge in [0.15, 0.2) is 0 Å². The highest BCUT2D eigenvalue weighted by atomic mass is 16.5. The van der Waals surface area contributed by atoms with E-state index in [9.17, 15) is 5.11 Å². The molecule has 0 saturated heterocycles. The quantitative estimate of drug-likeness (QED) is 0.538. The first-order chi connectivity index (χ1) is 9.50. The Kier molecular flexibility index (Phi) is 8.03. The van der Waals surface area contributed by atoms with Gasteiger partial charge in [-0.05, 0) is 59.0 Å². The van der Waals surface area contributed by atoms with Crippen LogP contribution in [0, 0.1) is 5.92 Å². The fourth-order valence-corrected chi connectivity index (χ4v) is 2.39. The maximum absolute atomic E-state index is 9.62. The minimum absolute atomic E-state index is 0.182. The van der Waals surface area contributed by atoms with E-state index in [1.165, 1.54) is 12.8 Å². The second-order valence-corrected chi connectivity index (χ2v) is 6.70. The minimum Gasteiger partial charge on any atom is -0.394 e. The smallest absolute Gasteiger partial charge is 0.0611 e. The summed E-state index contributed by atoms with van der Waals surface area (Å²) in [5, 5.41) is 13.1. The molecule has 4 nitrogen and oxygen atoms in total. The van der Waals surface area contributed by atoms with Gasteiger partial charge in [0.1, 0.15) is 0 Å². The topological polar surface area (TPSA) is 44.7 Å². The fraction of sp³-hybridized carbons (Fsp3) is 1.00. The van der Waals surface area contributed by atoms with E-state index < -0.39 is 0 Å². The number of nitrogens with one attached hydrogen (secondary N) is 1. The Balaban J connectivity index is 2.21. The third-order valence-electron chi connectivity index (χ3n) is 4.29. The molecule has 0 aliphatic heterocycles. The van der Waals surface area contributed by atoms with Crippen LogP contribution in [-0.2, 0) is 4.74 Å². The van der Waals surface area contributed by atoms with E-state index in [0.717, 1.165) is 45.1 Å². The molecule has 0 heterocycles. The summed E-state index contributed by atoms with van der Waals surface area (Å²) in [5.74, 6) is 0.841. The molecule has 4 heteroatoms. The maximum atomic E-state index is 9.62.